The van der Waals surface area contributed by atoms with Crippen molar-refractivity contribution in [1.82, 2.24) is 5.43 Å². The summed E-state index contributed by atoms with van der Waals surface area (Å²) < 4.78 is 5.70. The topological polar surface area (TPSA) is 47.3 Å². The van der Waals surface area contributed by atoms with Crippen molar-refractivity contribution >= 4 is 0 Å². The van der Waals surface area contributed by atoms with Crippen molar-refractivity contribution in [3.8, 4) is 0 Å². The first-order chi connectivity index (χ1) is 8.36. The Morgan fingerprint density at radius 2 is 2.24 bits per heavy atom. The van der Waals surface area contributed by atoms with Crippen molar-refractivity contribution in [2.24, 2.45) is 5.84 Å². The number of hydrogen-bond donors (Lipinski definition) is 2. The minimum Gasteiger partial charge on any atom is -0.496 e. The van der Waals surface area contributed by atoms with Gasteiger partial charge in [0.2, 0.25) is 0 Å². The number of hydrazine groups is 1. The summed E-state index contributed by atoms with van der Waals surface area (Å²) in [7, 11) is 0. The number of nitrogens with two attached hydrogens (primary N) is 1. The molecule has 1 aliphatic rings. The summed E-state index contributed by atoms with van der Waals surface area (Å²) in [5.41, 5.74) is 5.39. The molecule has 17 heavy (non-hydrogen) atoms. The average Bonchev–Trinajstić information content (AvgIpc) is 2.41. The molecule has 2 rings (SSSR count). The van der Waals surface area contributed by atoms with Gasteiger partial charge in [-0.25, -0.2) is 5.43 Å². The number of aryl methyl sites for hydroxylation is 1. The molecule has 0 saturated carbocycles. The summed E-state index contributed by atoms with van der Waals surface area (Å²) in [6.45, 7) is 2.95. The van der Waals surface area contributed by atoms with Crippen LogP contribution in [0.4, 0.5) is 0 Å². The maximum atomic E-state index is 5.70. The van der Waals surface area contributed by atoms with Gasteiger partial charge in [-0.1, -0.05) is 31.2 Å². The molecule has 1 heterocycles. The molecule has 1 unspecified atom stereocenters. The summed E-state index contributed by atoms with van der Waals surface area (Å²) >= 11 is 0. The first-order valence-corrected chi connectivity index (χ1v) is 6.23. The maximum absolute atomic E-state index is 5.70. The second kappa shape index (κ2) is 5.84. The summed E-state index contributed by atoms with van der Waals surface area (Å²) in [5, 5.41) is 0. The lowest BCUT2D eigenvalue weighted by Crippen LogP contribution is -2.31. The van der Waals surface area contributed by atoms with Crippen LogP contribution in [-0.4, -0.2) is 6.61 Å². The third-order valence-corrected chi connectivity index (χ3v) is 3.16. The predicted octanol–water partition coefficient (Wildman–Crippen LogP) is 2.45. The average molecular weight is 232 g/mol. The second-order valence-corrected chi connectivity index (χ2v) is 4.25. The number of rotatable bonds is 4. The van der Waals surface area contributed by atoms with E-state index in [2.05, 4.69) is 36.6 Å². The monoisotopic (exact) mass is 232 g/mol. The van der Waals surface area contributed by atoms with Gasteiger partial charge in [0.1, 0.15) is 11.8 Å². The molecular weight excluding hydrogens is 212 g/mol. The van der Waals surface area contributed by atoms with Gasteiger partial charge in [0, 0.05) is 0 Å². The molecule has 0 bridgehead atoms. The van der Waals surface area contributed by atoms with E-state index in [1.165, 1.54) is 11.1 Å². The van der Waals surface area contributed by atoms with Crippen LogP contribution in [0.2, 0.25) is 0 Å². The van der Waals surface area contributed by atoms with Crippen LogP contribution in [0.25, 0.3) is 0 Å². The van der Waals surface area contributed by atoms with E-state index in [-0.39, 0.29) is 6.04 Å². The van der Waals surface area contributed by atoms with Crippen LogP contribution in [-0.2, 0) is 11.2 Å². The van der Waals surface area contributed by atoms with Crippen LogP contribution in [0.5, 0.6) is 0 Å². The highest BCUT2D eigenvalue weighted by Gasteiger charge is 2.20. The fraction of sp³-hybridized carbons (Fsp3) is 0.429. The first-order valence-electron chi connectivity index (χ1n) is 6.23. The molecule has 3 nitrogen and oxygen atoms in total. The Morgan fingerprint density at radius 1 is 1.41 bits per heavy atom. The smallest absolute Gasteiger partial charge is 0.115 e. The van der Waals surface area contributed by atoms with Crippen LogP contribution < -0.4 is 11.3 Å². The fourth-order valence-corrected chi connectivity index (χ4v) is 2.24. The zero-order chi connectivity index (χ0) is 12.1. The Morgan fingerprint density at radius 3 is 2.88 bits per heavy atom. The molecular formula is C14H20N2O. The van der Waals surface area contributed by atoms with Crippen LogP contribution in [0.3, 0.4) is 0 Å². The number of ether oxygens (including phenoxy) is 1. The van der Waals surface area contributed by atoms with Crippen molar-refractivity contribution in [1.29, 1.82) is 0 Å². The zero-order valence-electron chi connectivity index (χ0n) is 10.3. The van der Waals surface area contributed by atoms with Crippen molar-refractivity contribution in [2.45, 2.75) is 32.2 Å². The van der Waals surface area contributed by atoms with Gasteiger partial charge in [-0.15, -0.1) is 0 Å². The SMILES string of the molecule is CCc1ccccc1C(NN)C1=CCCCO1. The minimum atomic E-state index is -0.0218. The van der Waals surface area contributed by atoms with E-state index in [1.807, 2.05) is 6.07 Å². The highest BCUT2D eigenvalue weighted by Crippen LogP contribution is 2.27. The number of benzene rings is 1. The molecule has 0 radical (unpaired) electrons. The van der Waals surface area contributed by atoms with Gasteiger partial charge in [-0.2, -0.15) is 0 Å². The van der Waals surface area contributed by atoms with Gasteiger partial charge in [0.15, 0.2) is 0 Å². The van der Waals surface area contributed by atoms with Gasteiger partial charge in [0.25, 0.3) is 0 Å². The van der Waals surface area contributed by atoms with Crippen molar-refractivity contribution in [3.63, 3.8) is 0 Å². The van der Waals surface area contributed by atoms with E-state index in [0.717, 1.165) is 31.6 Å². The Hall–Kier alpha value is -1.32. The largest absolute Gasteiger partial charge is 0.496 e. The van der Waals surface area contributed by atoms with Gasteiger partial charge in [0.05, 0.1) is 6.61 Å². The van der Waals surface area contributed by atoms with Crippen LogP contribution in [0.1, 0.15) is 36.9 Å². The Balaban J connectivity index is 2.31. The normalized spacial score (nSPS) is 17.2. The molecule has 0 fully saturated rings. The lowest BCUT2D eigenvalue weighted by atomic mass is 9.96. The third-order valence-electron chi connectivity index (χ3n) is 3.16. The summed E-state index contributed by atoms with van der Waals surface area (Å²) in [6.07, 6.45) is 5.31. The Bertz CT molecular complexity index is 401. The molecule has 92 valence electrons. The molecule has 0 amide bonds. The van der Waals surface area contributed by atoms with Crippen LogP contribution >= 0.6 is 0 Å². The standard InChI is InChI=1S/C14H20N2O/c1-2-11-7-3-4-8-12(11)14(16-15)13-9-5-6-10-17-13/h3-4,7-9,14,16H,2,5-6,10,15H2,1H3. The van der Waals surface area contributed by atoms with E-state index in [1.54, 1.807) is 0 Å². The first kappa shape index (κ1) is 12.1. The Kier molecular flexibility index (Phi) is 4.18. The van der Waals surface area contributed by atoms with E-state index in [0.29, 0.717) is 0 Å². The highest BCUT2D eigenvalue weighted by molar-refractivity contribution is 5.34. The van der Waals surface area contributed by atoms with Gasteiger partial charge < -0.3 is 4.74 Å². The maximum Gasteiger partial charge on any atom is 0.115 e. The molecule has 3 heteroatoms. The molecule has 0 aliphatic carbocycles. The highest BCUT2D eigenvalue weighted by atomic mass is 16.5. The second-order valence-electron chi connectivity index (χ2n) is 4.25. The quantitative estimate of drug-likeness (QED) is 0.619. The molecule has 1 atom stereocenters. The van der Waals surface area contributed by atoms with Crippen molar-refractivity contribution in [3.05, 3.63) is 47.2 Å². The van der Waals surface area contributed by atoms with Gasteiger partial charge in [-0.3, -0.25) is 5.84 Å². The van der Waals surface area contributed by atoms with E-state index in [4.69, 9.17) is 10.6 Å². The summed E-state index contributed by atoms with van der Waals surface area (Å²) in [4.78, 5) is 0. The van der Waals surface area contributed by atoms with E-state index < -0.39 is 0 Å². The van der Waals surface area contributed by atoms with Crippen molar-refractivity contribution < 1.29 is 4.74 Å². The molecule has 0 aromatic heterocycles. The van der Waals surface area contributed by atoms with Crippen LogP contribution in [0.15, 0.2) is 36.1 Å². The van der Waals surface area contributed by atoms with E-state index in [9.17, 15) is 0 Å². The zero-order valence-corrected chi connectivity index (χ0v) is 10.3. The molecule has 1 aromatic rings. The van der Waals surface area contributed by atoms with Crippen LogP contribution in [0, 0.1) is 0 Å². The summed E-state index contributed by atoms with van der Waals surface area (Å²) in [6, 6.07) is 8.34. The third kappa shape index (κ3) is 2.68. The lowest BCUT2D eigenvalue weighted by Gasteiger charge is -2.25. The molecule has 1 aromatic carbocycles. The molecule has 0 saturated heterocycles. The van der Waals surface area contributed by atoms with Gasteiger partial charge in [-0.05, 0) is 36.5 Å². The molecule has 0 spiro atoms. The predicted molar refractivity (Wildman–Crippen MR) is 69.2 cm³/mol. The molecule has 3 N–H and O–H groups in total. The number of allylic oxidation sites excluding steroid dienone is 1. The fourth-order valence-electron chi connectivity index (χ4n) is 2.24. The number of hydrogen-bond acceptors (Lipinski definition) is 3. The van der Waals surface area contributed by atoms with Gasteiger partial charge >= 0.3 is 0 Å². The minimum absolute atomic E-state index is 0.0218. The van der Waals surface area contributed by atoms with Crippen molar-refractivity contribution in [2.75, 3.05) is 6.61 Å². The lowest BCUT2D eigenvalue weighted by molar-refractivity contribution is 0.167. The Labute approximate surface area is 103 Å². The van der Waals surface area contributed by atoms with E-state index >= 15 is 0 Å². The molecule has 1 aliphatic heterocycles. The summed E-state index contributed by atoms with van der Waals surface area (Å²) in [5.74, 6) is 6.65. The number of nitrogens with one attached hydrogen (secondary N) is 1.